The van der Waals surface area contributed by atoms with E-state index in [-0.39, 0.29) is 18.1 Å². The Morgan fingerprint density at radius 1 is 1.08 bits per heavy atom. The molecule has 1 amide bonds. The Kier molecular flexibility index (Phi) is 4.67. The van der Waals surface area contributed by atoms with Gasteiger partial charge in [-0.2, -0.15) is 0 Å². The number of amides is 1. The Bertz CT molecular complexity index is 899. The third-order valence-electron chi connectivity index (χ3n) is 5.22. The zero-order valence-electron chi connectivity index (χ0n) is 14.5. The molecule has 0 unspecified atom stereocenters. The number of hydrogen-bond donors (Lipinski definition) is 2. The molecule has 0 radical (unpaired) electrons. The van der Waals surface area contributed by atoms with Gasteiger partial charge in [-0.25, -0.2) is 0 Å². The van der Waals surface area contributed by atoms with Crippen LogP contribution in [0.2, 0.25) is 0 Å². The molecule has 1 aliphatic carbocycles. The molecule has 132 valence electrons. The molecule has 3 aromatic rings. The summed E-state index contributed by atoms with van der Waals surface area (Å²) < 4.78 is 0. The van der Waals surface area contributed by atoms with Crippen molar-refractivity contribution < 1.29 is 9.90 Å². The number of benzene rings is 2. The molecule has 1 aromatic heterocycles. The fraction of sp³-hybridized carbons (Fsp3) is 0.273. The summed E-state index contributed by atoms with van der Waals surface area (Å²) in [5, 5.41) is 14.8. The van der Waals surface area contributed by atoms with Gasteiger partial charge >= 0.3 is 0 Å². The van der Waals surface area contributed by atoms with Crippen LogP contribution in [-0.2, 0) is 6.42 Å². The third kappa shape index (κ3) is 3.46. The maximum Gasteiger partial charge on any atom is 0.270 e. The molecule has 2 N–H and O–H groups in total. The van der Waals surface area contributed by atoms with Gasteiger partial charge in [0.1, 0.15) is 5.69 Å². The molecule has 26 heavy (non-hydrogen) atoms. The van der Waals surface area contributed by atoms with E-state index in [1.165, 1.54) is 5.56 Å². The molecule has 4 rings (SSSR count). The fourth-order valence-corrected chi connectivity index (χ4v) is 3.70. The van der Waals surface area contributed by atoms with Crippen molar-refractivity contribution in [3.8, 4) is 0 Å². The van der Waals surface area contributed by atoms with Crippen LogP contribution in [0.25, 0.3) is 10.8 Å². The highest BCUT2D eigenvalue weighted by Crippen LogP contribution is 2.32. The molecule has 1 saturated carbocycles. The summed E-state index contributed by atoms with van der Waals surface area (Å²) in [5.74, 6) is 0.147. The van der Waals surface area contributed by atoms with Crippen LogP contribution in [0, 0.1) is 5.92 Å². The number of rotatable bonds is 5. The molecule has 4 heteroatoms. The Morgan fingerprint density at radius 3 is 2.58 bits per heavy atom. The molecule has 0 saturated heterocycles. The number of nitrogens with zero attached hydrogens (tertiary/aromatic N) is 1. The molecule has 0 aliphatic heterocycles. The summed E-state index contributed by atoms with van der Waals surface area (Å²) in [7, 11) is 0. The topological polar surface area (TPSA) is 62.2 Å². The van der Waals surface area contributed by atoms with E-state index in [1.807, 2.05) is 48.5 Å². The maximum atomic E-state index is 12.9. The molecular weight excluding hydrogens is 324 g/mol. The lowest BCUT2D eigenvalue weighted by Gasteiger charge is -2.38. The van der Waals surface area contributed by atoms with Gasteiger partial charge in [-0.1, -0.05) is 54.6 Å². The smallest absolute Gasteiger partial charge is 0.270 e. The van der Waals surface area contributed by atoms with E-state index in [0.29, 0.717) is 11.6 Å². The van der Waals surface area contributed by atoms with Gasteiger partial charge in [-0.15, -0.1) is 0 Å². The van der Waals surface area contributed by atoms with Gasteiger partial charge in [0, 0.05) is 17.6 Å². The lowest BCUT2D eigenvalue weighted by atomic mass is 9.75. The molecule has 1 aliphatic rings. The van der Waals surface area contributed by atoms with Crippen LogP contribution < -0.4 is 5.32 Å². The first-order chi connectivity index (χ1) is 12.7. The summed E-state index contributed by atoms with van der Waals surface area (Å²) in [6, 6.07) is 19.9. The van der Waals surface area contributed by atoms with Gasteiger partial charge < -0.3 is 10.4 Å². The van der Waals surface area contributed by atoms with Crippen molar-refractivity contribution >= 4 is 16.7 Å². The average molecular weight is 346 g/mol. The molecule has 1 atom stereocenters. The van der Waals surface area contributed by atoms with Gasteiger partial charge in [-0.05, 0) is 42.2 Å². The van der Waals surface area contributed by atoms with Gasteiger partial charge in [0.15, 0.2) is 0 Å². The maximum absolute atomic E-state index is 12.9. The summed E-state index contributed by atoms with van der Waals surface area (Å²) in [5.41, 5.74) is 1.64. The van der Waals surface area contributed by atoms with E-state index in [1.54, 1.807) is 6.20 Å². The lowest BCUT2D eigenvalue weighted by Crippen LogP contribution is -2.48. The molecule has 4 nitrogen and oxygen atoms in total. The van der Waals surface area contributed by atoms with Crippen LogP contribution in [-0.4, -0.2) is 28.1 Å². The first-order valence-electron chi connectivity index (χ1n) is 9.07. The van der Waals surface area contributed by atoms with Gasteiger partial charge in [0.05, 0.1) is 6.10 Å². The number of hydrogen-bond acceptors (Lipinski definition) is 3. The van der Waals surface area contributed by atoms with E-state index in [2.05, 4.69) is 22.4 Å². The molecule has 0 spiro atoms. The van der Waals surface area contributed by atoms with Crippen molar-refractivity contribution in [1.82, 2.24) is 10.3 Å². The van der Waals surface area contributed by atoms with Crippen molar-refractivity contribution in [3.63, 3.8) is 0 Å². The second-order valence-electron chi connectivity index (χ2n) is 7.04. The van der Waals surface area contributed by atoms with Crippen LogP contribution in [0.5, 0.6) is 0 Å². The summed E-state index contributed by atoms with van der Waals surface area (Å²) in [6.07, 6.45) is 3.66. The molecule has 2 aromatic carbocycles. The SMILES string of the molecule is O=C(N[C@@H](Cc1ccccc1)C1CC(O)C1)c1nccc2ccccc12. The standard InChI is InChI=1S/C22H22N2O2/c25-18-13-17(14-18)20(12-15-6-2-1-3-7-15)24-22(26)21-19-9-5-4-8-16(19)10-11-23-21/h1-11,17-18,20,25H,12-14H2,(H,24,26)/t17?,18?,20-/m0/s1. The quantitative estimate of drug-likeness (QED) is 0.745. The minimum Gasteiger partial charge on any atom is -0.393 e. The first-order valence-corrected chi connectivity index (χ1v) is 9.07. The van der Waals surface area contributed by atoms with Gasteiger partial charge in [0.2, 0.25) is 0 Å². The number of nitrogens with one attached hydrogen (secondary N) is 1. The van der Waals surface area contributed by atoms with E-state index < -0.39 is 0 Å². The molecule has 0 bridgehead atoms. The number of carbonyl (C=O) groups excluding carboxylic acids is 1. The van der Waals surface area contributed by atoms with Crippen molar-refractivity contribution in [2.24, 2.45) is 5.92 Å². The molecular formula is C22H22N2O2. The van der Waals surface area contributed by atoms with Crippen LogP contribution in [0.15, 0.2) is 66.9 Å². The molecule has 1 fully saturated rings. The number of aliphatic hydroxyl groups excluding tert-OH is 1. The summed E-state index contributed by atoms with van der Waals surface area (Å²) in [4.78, 5) is 17.3. The van der Waals surface area contributed by atoms with Crippen LogP contribution in [0.1, 0.15) is 28.9 Å². The van der Waals surface area contributed by atoms with Crippen molar-refractivity contribution in [1.29, 1.82) is 0 Å². The number of carbonyl (C=O) groups is 1. The van der Waals surface area contributed by atoms with Gasteiger partial charge in [0.25, 0.3) is 5.91 Å². The van der Waals surface area contributed by atoms with E-state index >= 15 is 0 Å². The van der Waals surface area contributed by atoms with Crippen molar-refractivity contribution in [3.05, 3.63) is 78.1 Å². The third-order valence-corrected chi connectivity index (χ3v) is 5.22. The zero-order valence-corrected chi connectivity index (χ0v) is 14.5. The van der Waals surface area contributed by atoms with Crippen molar-refractivity contribution in [2.45, 2.75) is 31.4 Å². The largest absolute Gasteiger partial charge is 0.393 e. The first kappa shape index (κ1) is 16.7. The van der Waals surface area contributed by atoms with Crippen LogP contribution >= 0.6 is 0 Å². The highest BCUT2D eigenvalue weighted by Gasteiger charge is 2.35. The summed E-state index contributed by atoms with van der Waals surface area (Å²) >= 11 is 0. The summed E-state index contributed by atoms with van der Waals surface area (Å²) in [6.45, 7) is 0. The number of aromatic nitrogens is 1. The van der Waals surface area contributed by atoms with E-state index in [4.69, 9.17) is 0 Å². The normalized spacial score (nSPS) is 20.3. The minimum atomic E-state index is -0.245. The van der Waals surface area contributed by atoms with Gasteiger partial charge in [-0.3, -0.25) is 9.78 Å². The zero-order chi connectivity index (χ0) is 17.9. The van der Waals surface area contributed by atoms with Crippen molar-refractivity contribution in [2.75, 3.05) is 0 Å². The average Bonchev–Trinajstić information content (AvgIpc) is 2.65. The Morgan fingerprint density at radius 2 is 1.81 bits per heavy atom. The van der Waals surface area contributed by atoms with Crippen LogP contribution in [0.3, 0.4) is 0 Å². The Hall–Kier alpha value is -2.72. The van der Waals surface area contributed by atoms with Crippen LogP contribution in [0.4, 0.5) is 0 Å². The fourth-order valence-electron chi connectivity index (χ4n) is 3.70. The Balaban J connectivity index is 1.57. The second-order valence-corrected chi connectivity index (χ2v) is 7.04. The molecule has 1 heterocycles. The van der Waals surface area contributed by atoms with E-state index in [9.17, 15) is 9.90 Å². The predicted molar refractivity (Wildman–Crippen MR) is 102 cm³/mol. The lowest BCUT2D eigenvalue weighted by molar-refractivity contribution is 0.0239. The van der Waals surface area contributed by atoms with E-state index in [0.717, 1.165) is 30.0 Å². The highest BCUT2D eigenvalue weighted by molar-refractivity contribution is 6.05. The Labute approximate surface area is 152 Å². The number of fused-ring (bicyclic) bond motifs is 1. The highest BCUT2D eigenvalue weighted by atomic mass is 16.3. The second kappa shape index (κ2) is 7.26. The number of pyridine rings is 1. The predicted octanol–water partition coefficient (Wildman–Crippen LogP) is 3.35. The number of aliphatic hydroxyl groups is 1. The minimum absolute atomic E-state index is 0.00549. The monoisotopic (exact) mass is 346 g/mol.